The van der Waals surface area contributed by atoms with Crippen molar-refractivity contribution in [2.24, 2.45) is 7.05 Å². The molecule has 0 fully saturated rings. The van der Waals surface area contributed by atoms with E-state index in [-0.39, 0.29) is 17.4 Å². The first-order chi connectivity index (χ1) is 17.9. The number of non-ortho nitro benzene ring substituents is 1. The van der Waals surface area contributed by atoms with Gasteiger partial charge < -0.3 is 18.9 Å². The van der Waals surface area contributed by atoms with E-state index in [1.165, 1.54) is 23.5 Å². The molecular formula is C26H28FN5O5S. The third-order valence-corrected chi connectivity index (χ3v) is 6.73. The Bertz CT molecular complexity index is 1490. The molecule has 4 rings (SSSR count). The summed E-state index contributed by atoms with van der Waals surface area (Å²) in [5.41, 5.74) is -0.200. The second-order valence-corrected chi connectivity index (χ2v) is 10.8. The van der Waals surface area contributed by atoms with E-state index in [2.05, 4.69) is 9.97 Å². The summed E-state index contributed by atoms with van der Waals surface area (Å²) in [4.78, 5) is 34.1. The van der Waals surface area contributed by atoms with Gasteiger partial charge in [0.15, 0.2) is 17.4 Å². The third-order valence-electron chi connectivity index (χ3n) is 5.59. The maximum atomic E-state index is 14.4. The molecule has 0 bridgehead atoms. The number of benzene rings is 1. The van der Waals surface area contributed by atoms with Crippen LogP contribution in [0.4, 0.5) is 15.9 Å². The summed E-state index contributed by atoms with van der Waals surface area (Å²) in [7, 11) is 3.84. The highest BCUT2D eigenvalue weighted by Crippen LogP contribution is 2.40. The molecule has 0 atom stereocenters. The summed E-state index contributed by atoms with van der Waals surface area (Å²) < 4.78 is 28.2. The van der Waals surface area contributed by atoms with Crippen LogP contribution < -0.4 is 9.64 Å². The number of carbonyl (C=O) groups excluding carboxylic acids is 1. The smallest absolute Gasteiger partial charge is 0.306 e. The van der Waals surface area contributed by atoms with Crippen LogP contribution in [0.25, 0.3) is 20.9 Å². The highest BCUT2D eigenvalue weighted by molar-refractivity contribution is 7.22. The number of imidazole rings is 1. The Morgan fingerprint density at radius 3 is 2.66 bits per heavy atom. The fourth-order valence-electron chi connectivity index (χ4n) is 3.86. The van der Waals surface area contributed by atoms with Crippen molar-refractivity contribution in [2.75, 3.05) is 18.5 Å². The molecule has 0 unspecified atom stereocenters. The fraction of sp³-hybridized carbons (Fsp3) is 0.346. The van der Waals surface area contributed by atoms with E-state index < -0.39 is 16.3 Å². The Kier molecular flexibility index (Phi) is 7.63. The van der Waals surface area contributed by atoms with Crippen molar-refractivity contribution in [3.63, 3.8) is 0 Å². The molecule has 3 heterocycles. The molecule has 0 saturated heterocycles. The van der Waals surface area contributed by atoms with Crippen molar-refractivity contribution in [1.29, 1.82) is 0 Å². The van der Waals surface area contributed by atoms with Crippen LogP contribution in [0.3, 0.4) is 0 Å². The molecule has 4 aromatic rings. The van der Waals surface area contributed by atoms with Crippen LogP contribution in [-0.4, -0.2) is 44.6 Å². The highest BCUT2D eigenvalue weighted by atomic mass is 32.1. The molecule has 0 saturated carbocycles. The summed E-state index contributed by atoms with van der Waals surface area (Å²) in [6.07, 6.45) is 4.29. The van der Waals surface area contributed by atoms with Gasteiger partial charge in [-0.15, -0.1) is 11.3 Å². The molecule has 0 aliphatic rings. The number of esters is 1. The number of hydrogen-bond donors (Lipinski definition) is 0. The zero-order valence-corrected chi connectivity index (χ0v) is 22.5. The number of aromatic nitrogens is 3. The van der Waals surface area contributed by atoms with E-state index >= 15 is 0 Å². The Morgan fingerprint density at radius 1 is 1.21 bits per heavy atom. The van der Waals surface area contributed by atoms with Gasteiger partial charge >= 0.3 is 5.97 Å². The van der Waals surface area contributed by atoms with Gasteiger partial charge in [-0.1, -0.05) is 0 Å². The van der Waals surface area contributed by atoms with E-state index in [1.807, 2.05) is 50.4 Å². The number of anilines is 1. The van der Waals surface area contributed by atoms with Crippen LogP contribution >= 0.6 is 11.3 Å². The van der Waals surface area contributed by atoms with Gasteiger partial charge in [0.05, 0.1) is 32.3 Å². The summed E-state index contributed by atoms with van der Waals surface area (Å²) in [5, 5.41) is 10.9. The lowest BCUT2D eigenvalue weighted by atomic mass is 10.2. The molecule has 3 aromatic heterocycles. The minimum absolute atomic E-state index is 0.120. The average Bonchev–Trinajstić information content (AvgIpc) is 3.42. The standard InChI is InChI=1S/C26H28FN5O5S/c1-26(2,3)37-23(33)7-6-12-30(4)22-15-29-25(31(22)5)21-14-18-24(38-21)20(10-11-28-18)36-19-9-8-16(32(34)35)13-17(19)27/h8-11,13-15H,6-7,12H2,1-5H3. The molecule has 0 aliphatic heterocycles. The van der Waals surface area contributed by atoms with Crippen molar-refractivity contribution >= 4 is 39.0 Å². The molecule has 10 nitrogen and oxygen atoms in total. The van der Waals surface area contributed by atoms with Gasteiger partial charge in [-0.2, -0.15) is 0 Å². The minimum Gasteiger partial charge on any atom is -0.460 e. The van der Waals surface area contributed by atoms with Gasteiger partial charge in [-0.05, 0) is 39.3 Å². The van der Waals surface area contributed by atoms with Gasteiger partial charge in [0.2, 0.25) is 0 Å². The van der Waals surface area contributed by atoms with Crippen molar-refractivity contribution in [2.45, 2.75) is 39.2 Å². The Balaban J connectivity index is 1.51. The molecule has 200 valence electrons. The number of pyridine rings is 1. The molecular weight excluding hydrogens is 513 g/mol. The fourth-order valence-corrected chi connectivity index (χ4v) is 4.96. The normalized spacial score (nSPS) is 11.5. The van der Waals surface area contributed by atoms with Crippen LogP contribution in [0.1, 0.15) is 33.6 Å². The number of rotatable bonds is 9. The van der Waals surface area contributed by atoms with Gasteiger partial charge in [-0.25, -0.2) is 9.37 Å². The van der Waals surface area contributed by atoms with Crippen molar-refractivity contribution in [3.8, 4) is 22.2 Å². The molecule has 38 heavy (non-hydrogen) atoms. The quantitative estimate of drug-likeness (QED) is 0.142. The summed E-state index contributed by atoms with van der Waals surface area (Å²) >= 11 is 1.40. The number of nitro benzene ring substituents is 1. The van der Waals surface area contributed by atoms with E-state index in [9.17, 15) is 19.3 Å². The van der Waals surface area contributed by atoms with Crippen LogP contribution in [0, 0.1) is 15.9 Å². The van der Waals surface area contributed by atoms with Crippen molar-refractivity contribution in [3.05, 3.63) is 58.7 Å². The maximum absolute atomic E-state index is 14.4. The lowest BCUT2D eigenvalue weighted by Gasteiger charge is -2.21. The second kappa shape index (κ2) is 10.7. The van der Waals surface area contributed by atoms with E-state index in [1.54, 1.807) is 18.5 Å². The van der Waals surface area contributed by atoms with Gasteiger partial charge in [-0.3, -0.25) is 19.9 Å². The zero-order valence-electron chi connectivity index (χ0n) is 21.7. The van der Waals surface area contributed by atoms with Crippen LogP contribution in [0.2, 0.25) is 0 Å². The first-order valence-electron chi connectivity index (χ1n) is 11.9. The summed E-state index contributed by atoms with van der Waals surface area (Å²) in [5.74, 6) is 0.803. The number of thiophene rings is 1. The topological polar surface area (TPSA) is 113 Å². The maximum Gasteiger partial charge on any atom is 0.306 e. The molecule has 0 radical (unpaired) electrons. The Hall–Kier alpha value is -4.06. The van der Waals surface area contributed by atoms with Gasteiger partial charge in [0.1, 0.15) is 17.2 Å². The number of ether oxygens (including phenoxy) is 2. The first kappa shape index (κ1) is 27.0. The zero-order chi connectivity index (χ0) is 27.6. The summed E-state index contributed by atoms with van der Waals surface area (Å²) in [6, 6.07) is 6.75. The van der Waals surface area contributed by atoms with E-state index in [0.717, 1.165) is 22.6 Å². The Labute approximate surface area is 222 Å². The molecule has 12 heteroatoms. The number of fused-ring (bicyclic) bond motifs is 1. The third kappa shape index (κ3) is 6.08. The van der Waals surface area contributed by atoms with Crippen LogP contribution in [-0.2, 0) is 16.6 Å². The van der Waals surface area contributed by atoms with E-state index in [4.69, 9.17) is 9.47 Å². The summed E-state index contributed by atoms with van der Waals surface area (Å²) in [6.45, 7) is 6.19. The second-order valence-electron chi connectivity index (χ2n) is 9.72. The average molecular weight is 542 g/mol. The Morgan fingerprint density at radius 2 is 1.97 bits per heavy atom. The number of hydrogen-bond acceptors (Lipinski definition) is 9. The molecule has 0 N–H and O–H groups in total. The van der Waals surface area contributed by atoms with Crippen LogP contribution in [0.15, 0.2) is 42.7 Å². The number of nitro groups is 1. The monoisotopic (exact) mass is 541 g/mol. The minimum atomic E-state index is -0.829. The van der Waals surface area contributed by atoms with Gasteiger partial charge in [0, 0.05) is 45.4 Å². The largest absolute Gasteiger partial charge is 0.460 e. The number of carbonyl (C=O) groups is 1. The molecule has 0 amide bonds. The van der Waals surface area contributed by atoms with Crippen molar-refractivity contribution < 1.29 is 23.6 Å². The lowest BCUT2D eigenvalue weighted by Crippen LogP contribution is -2.25. The predicted molar refractivity (Wildman–Crippen MR) is 143 cm³/mol. The highest BCUT2D eigenvalue weighted by Gasteiger charge is 2.19. The predicted octanol–water partition coefficient (Wildman–Crippen LogP) is 6.09. The number of nitrogens with zero attached hydrogens (tertiary/aromatic N) is 5. The van der Waals surface area contributed by atoms with Gasteiger partial charge in [0.25, 0.3) is 5.69 Å². The number of halogens is 1. The molecule has 0 aliphatic carbocycles. The van der Waals surface area contributed by atoms with Crippen molar-refractivity contribution in [1.82, 2.24) is 14.5 Å². The molecule has 1 aromatic carbocycles. The van der Waals surface area contributed by atoms with Crippen LogP contribution in [0.5, 0.6) is 11.5 Å². The first-order valence-corrected chi connectivity index (χ1v) is 12.7. The van der Waals surface area contributed by atoms with E-state index in [0.29, 0.717) is 35.4 Å². The molecule has 0 spiro atoms. The SMILES string of the molecule is CN(CCCC(=O)OC(C)(C)C)c1cnc(-c2cc3nccc(Oc4ccc([N+](=O)[O-])cc4F)c3s2)n1C. The lowest BCUT2D eigenvalue weighted by molar-refractivity contribution is -0.385.